The molecule has 2 amide bonds. The molecule has 0 unspecified atom stereocenters. The van der Waals surface area contributed by atoms with Crippen LogP contribution in [0.3, 0.4) is 0 Å². The fourth-order valence-corrected chi connectivity index (χ4v) is 3.32. The predicted octanol–water partition coefficient (Wildman–Crippen LogP) is 2.02. The fourth-order valence-electron chi connectivity index (χ4n) is 3.32. The van der Waals surface area contributed by atoms with Gasteiger partial charge in [-0.1, -0.05) is 6.07 Å². The van der Waals surface area contributed by atoms with Crippen LogP contribution < -0.4 is 9.47 Å². The van der Waals surface area contributed by atoms with Crippen LogP contribution in [0.1, 0.15) is 22.3 Å². The summed E-state index contributed by atoms with van der Waals surface area (Å²) >= 11 is 0. The molecule has 3 rings (SSSR count). The molecule has 0 spiro atoms. The maximum atomic E-state index is 12.8. The molecule has 0 saturated carbocycles. The van der Waals surface area contributed by atoms with Crippen LogP contribution in [0.25, 0.3) is 0 Å². The van der Waals surface area contributed by atoms with E-state index in [9.17, 15) is 9.59 Å². The van der Waals surface area contributed by atoms with Crippen molar-refractivity contribution < 1.29 is 19.1 Å². The van der Waals surface area contributed by atoms with Crippen molar-refractivity contribution in [1.82, 2.24) is 14.8 Å². The Morgan fingerprint density at radius 3 is 2.32 bits per heavy atom. The van der Waals surface area contributed by atoms with E-state index >= 15 is 0 Å². The molecule has 1 aliphatic heterocycles. The van der Waals surface area contributed by atoms with Crippen molar-refractivity contribution in [2.24, 2.45) is 0 Å². The van der Waals surface area contributed by atoms with Gasteiger partial charge in [0.1, 0.15) is 0 Å². The van der Waals surface area contributed by atoms with Gasteiger partial charge < -0.3 is 19.3 Å². The second-order valence-corrected chi connectivity index (χ2v) is 6.63. The Morgan fingerprint density at radius 1 is 0.929 bits per heavy atom. The second-order valence-electron chi connectivity index (χ2n) is 6.63. The van der Waals surface area contributed by atoms with Crippen LogP contribution in [0, 0.1) is 0 Å². The first-order valence-electron chi connectivity index (χ1n) is 9.30. The zero-order valence-corrected chi connectivity index (χ0v) is 16.3. The summed E-state index contributed by atoms with van der Waals surface area (Å²) in [6.07, 6.45) is 4.28. The monoisotopic (exact) mass is 383 g/mol. The Hall–Kier alpha value is -3.09. The molecule has 0 atom stereocenters. The lowest BCUT2D eigenvalue weighted by atomic mass is 10.1. The van der Waals surface area contributed by atoms with E-state index in [2.05, 4.69) is 4.98 Å². The first-order chi connectivity index (χ1) is 13.6. The van der Waals surface area contributed by atoms with E-state index in [0.29, 0.717) is 49.7 Å². The third-order valence-electron chi connectivity index (χ3n) is 4.87. The van der Waals surface area contributed by atoms with Gasteiger partial charge in [-0.3, -0.25) is 14.6 Å². The molecular weight excluding hydrogens is 358 g/mol. The number of carbonyl (C=O) groups excluding carboxylic acids is 2. The normalized spacial score (nSPS) is 14.4. The van der Waals surface area contributed by atoms with E-state index in [1.165, 1.54) is 0 Å². The largest absolute Gasteiger partial charge is 0.493 e. The minimum atomic E-state index is -0.0170. The van der Waals surface area contributed by atoms with Crippen LogP contribution in [-0.4, -0.2) is 67.0 Å². The summed E-state index contributed by atoms with van der Waals surface area (Å²) in [5.41, 5.74) is 1.50. The average molecular weight is 383 g/mol. The summed E-state index contributed by atoms with van der Waals surface area (Å²) < 4.78 is 10.5. The second kappa shape index (κ2) is 9.21. The Kier molecular flexibility index (Phi) is 6.47. The number of amides is 2. The molecule has 1 aromatic heterocycles. The topological polar surface area (TPSA) is 72.0 Å². The predicted molar refractivity (Wildman–Crippen MR) is 105 cm³/mol. The smallest absolute Gasteiger partial charge is 0.254 e. The summed E-state index contributed by atoms with van der Waals surface area (Å²) in [6, 6.07) is 8.93. The Balaban J connectivity index is 1.61. The molecule has 1 saturated heterocycles. The van der Waals surface area contributed by atoms with Crippen LogP contribution in [0.4, 0.5) is 0 Å². The Bertz CT molecular complexity index is 826. The molecular formula is C21H25N3O4. The molecule has 2 heterocycles. The van der Waals surface area contributed by atoms with Gasteiger partial charge in [-0.25, -0.2) is 0 Å². The molecule has 1 fully saturated rings. The number of hydrogen-bond acceptors (Lipinski definition) is 5. The lowest BCUT2D eigenvalue weighted by Gasteiger charge is -2.22. The minimum Gasteiger partial charge on any atom is -0.493 e. The van der Waals surface area contributed by atoms with Crippen molar-refractivity contribution in [1.29, 1.82) is 0 Å². The van der Waals surface area contributed by atoms with E-state index in [4.69, 9.17) is 9.47 Å². The zero-order chi connectivity index (χ0) is 19.9. The average Bonchev–Trinajstić information content (AvgIpc) is 3.00. The van der Waals surface area contributed by atoms with Gasteiger partial charge in [0.15, 0.2) is 11.5 Å². The van der Waals surface area contributed by atoms with Gasteiger partial charge in [0, 0.05) is 44.1 Å². The van der Waals surface area contributed by atoms with Crippen molar-refractivity contribution in [3.8, 4) is 11.5 Å². The molecule has 0 radical (unpaired) electrons. The van der Waals surface area contributed by atoms with Crippen molar-refractivity contribution >= 4 is 11.8 Å². The molecule has 1 aromatic carbocycles. The van der Waals surface area contributed by atoms with Gasteiger partial charge in [-0.05, 0) is 36.2 Å². The van der Waals surface area contributed by atoms with Crippen molar-refractivity contribution in [3.05, 3.63) is 53.9 Å². The van der Waals surface area contributed by atoms with Crippen molar-refractivity contribution in [3.63, 3.8) is 0 Å². The van der Waals surface area contributed by atoms with Crippen LogP contribution in [0.2, 0.25) is 0 Å². The highest BCUT2D eigenvalue weighted by Gasteiger charge is 2.23. The number of pyridine rings is 1. The number of methoxy groups -OCH3 is 2. The van der Waals surface area contributed by atoms with Crippen molar-refractivity contribution in [2.45, 2.75) is 12.8 Å². The molecule has 0 N–H and O–H groups in total. The van der Waals surface area contributed by atoms with Gasteiger partial charge >= 0.3 is 0 Å². The number of benzene rings is 1. The molecule has 148 valence electrons. The number of ether oxygens (including phenoxy) is 2. The first kappa shape index (κ1) is 19.7. The Morgan fingerprint density at radius 2 is 1.61 bits per heavy atom. The lowest BCUT2D eigenvalue weighted by Crippen LogP contribution is -2.38. The maximum Gasteiger partial charge on any atom is 0.254 e. The SMILES string of the molecule is COc1ccc(CC(=O)N2CCCN(C(=O)c3ccncc3)CC2)cc1OC. The highest BCUT2D eigenvalue weighted by Crippen LogP contribution is 2.27. The minimum absolute atomic E-state index is 0.0170. The third kappa shape index (κ3) is 4.60. The van der Waals surface area contributed by atoms with Gasteiger partial charge in [0.25, 0.3) is 5.91 Å². The first-order valence-corrected chi connectivity index (χ1v) is 9.30. The van der Waals surface area contributed by atoms with Gasteiger partial charge in [0.2, 0.25) is 5.91 Å². The quantitative estimate of drug-likeness (QED) is 0.790. The standard InChI is InChI=1S/C21H25N3O4/c1-27-18-5-4-16(14-19(18)28-2)15-20(25)23-10-3-11-24(13-12-23)21(26)17-6-8-22-9-7-17/h4-9,14H,3,10-13,15H2,1-2H3. The van der Waals surface area contributed by atoms with Gasteiger partial charge in [-0.2, -0.15) is 0 Å². The van der Waals surface area contributed by atoms with Crippen LogP contribution in [0.15, 0.2) is 42.7 Å². The summed E-state index contributed by atoms with van der Waals surface area (Å²) in [6.45, 7) is 2.34. The number of nitrogens with zero attached hydrogens (tertiary/aromatic N) is 3. The van der Waals surface area contributed by atoms with E-state index in [0.717, 1.165) is 12.0 Å². The summed E-state index contributed by atoms with van der Waals surface area (Å²) in [7, 11) is 3.16. The van der Waals surface area contributed by atoms with E-state index in [-0.39, 0.29) is 11.8 Å². The summed E-state index contributed by atoms with van der Waals surface area (Å²) in [4.78, 5) is 33.0. The van der Waals surface area contributed by atoms with Gasteiger partial charge in [0.05, 0.1) is 20.6 Å². The Labute approximate surface area is 164 Å². The van der Waals surface area contributed by atoms with E-state index in [1.54, 1.807) is 49.7 Å². The molecule has 2 aromatic rings. The molecule has 0 aliphatic carbocycles. The third-order valence-corrected chi connectivity index (χ3v) is 4.87. The van der Waals surface area contributed by atoms with Gasteiger partial charge in [-0.15, -0.1) is 0 Å². The van der Waals surface area contributed by atoms with Crippen LogP contribution in [-0.2, 0) is 11.2 Å². The number of hydrogen-bond donors (Lipinski definition) is 0. The lowest BCUT2D eigenvalue weighted by molar-refractivity contribution is -0.130. The molecule has 1 aliphatic rings. The number of carbonyl (C=O) groups is 2. The van der Waals surface area contributed by atoms with Crippen LogP contribution >= 0.6 is 0 Å². The zero-order valence-electron chi connectivity index (χ0n) is 16.3. The van der Waals surface area contributed by atoms with E-state index < -0.39 is 0 Å². The highest BCUT2D eigenvalue weighted by atomic mass is 16.5. The molecule has 7 nitrogen and oxygen atoms in total. The number of rotatable bonds is 5. The summed E-state index contributed by atoms with van der Waals surface area (Å²) in [5, 5.41) is 0. The number of aromatic nitrogens is 1. The van der Waals surface area contributed by atoms with E-state index in [1.807, 2.05) is 17.0 Å². The fraction of sp³-hybridized carbons (Fsp3) is 0.381. The van der Waals surface area contributed by atoms with Crippen molar-refractivity contribution in [2.75, 3.05) is 40.4 Å². The molecule has 0 bridgehead atoms. The maximum absolute atomic E-state index is 12.8. The summed E-state index contributed by atoms with van der Waals surface area (Å²) in [5.74, 6) is 1.28. The highest BCUT2D eigenvalue weighted by molar-refractivity contribution is 5.94. The molecule has 7 heteroatoms. The molecule has 28 heavy (non-hydrogen) atoms. The van der Waals surface area contributed by atoms with Crippen LogP contribution in [0.5, 0.6) is 11.5 Å².